The Kier molecular flexibility index (Phi) is 9.02. The number of carbonyl (C=O) groups excluding carboxylic acids is 2. The van der Waals surface area contributed by atoms with Crippen LogP contribution >= 0.6 is 0 Å². The molecule has 0 aliphatic carbocycles. The minimum absolute atomic E-state index is 0.0374. The molecular formula is C19H19F7O7S. The third-order valence-electron chi connectivity index (χ3n) is 4.22. The van der Waals surface area contributed by atoms with Gasteiger partial charge in [-0.1, -0.05) is 36.9 Å². The molecule has 0 amide bonds. The molecule has 15 heteroatoms. The van der Waals surface area contributed by atoms with E-state index in [2.05, 4.69) is 16.1 Å². The van der Waals surface area contributed by atoms with Crippen LogP contribution in [0.2, 0.25) is 0 Å². The quantitative estimate of drug-likeness (QED) is 0.110. The lowest BCUT2D eigenvalue weighted by molar-refractivity contribution is -0.346. The molecule has 0 aliphatic rings. The van der Waals surface area contributed by atoms with Crippen LogP contribution < -0.4 is 0 Å². The summed E-state index contributed by atoms with van der Waals surface area (Å²) in [5.41, 5.74) is -0.542. The average Bonchev–Trinajstić information content (AvgIpc) is 2.68. The number of esters is 1. The lowest BCUT2D eigenvalue weighted by Gasteiger charge is -2.33. The van der Waals surface area contributed by atoms with Crippen molar-refractivity contribution < 1.29 is 62.8 Å². The summed E-state index contributed by atoms with van der Waals surface area (Å²) in [6.07, 6.45) is -10.2. The Morgan fingerprint density at radius 2 is 1.56 bits per heavy atom. The second-order valence-electron chi connectivity index (χ2n) is 7.02. The Morgan fingerprint density at radius 1 is 1.03 bits per heavy atom. The van der Waals surface area contributed by atoms with Gasteiger partial charge in [-0.25, -0.2) is 4.79 Å². The molecule has 192 valence electrons. The van der Waals surface area contributed by atoms with Gasteiger partial charge in [0, 0.05) is 18.4 Å². The maximum Gasteiger partial charge on any atom is 0.464 e. The van der Waals surface area contributed by atoms with Crippen LogP contribution in [0, 0.1) is 0 Å². The molecule has 1 unspecified atom stereocenters. The van der Waals surface area contributed by atoms with Gasteiger partial charge in [0.05, 0.1) is 6.61 Å². The summed E-state index contributed by atoms with van der Waals surface area (Å²) in [5, 5.41) is -5.95. The fourth-order valence-corrected chi connectivity index (χ4v) is 2.90. The molecule has 0 bridgehead atoms. The summed E-state index contributed by atoms with van der Waals surface area (Å²) in [5.74, 6) is -13.3. The number of benzene rings is 1. The molecule has 0 aliphatic heterocycles. The number of halogens is 7. The van der Waals surface area contributed by atoms with Crippen LogP contribution in [0.4, 0.5) is 30.7 Å². The summed E-state index contributed by atoms with van der Waals surface area (Å²) in [6, 6.07) is 6.78. The van der Waals surface area contributed by atoms with Crippen LogP contribution in [0.5, 0.6) is 0 Å². The van der Waals surface area contributed by atoms with E-state index in [1.54, 1.807) is 0 Å². The number of ketones is 1. The Bertz CT molecular complexity index is 1010. The first kappa shape index (κ1) is 29.5. The first-order valence-corrected chi connectivity index (χ1v) is 10.6. The van der Waals surface area contributed by atoms with Crippen molar-refractivity contribution in [2.45, 2.75) is 49.3 Å². The topological polar surface area (TPSA) is 107 Å². The fraction of sp³-hybridized carbons (Fsp3) is 0.474. The minimum atomic E-state index is -6.56. The number of rotatable bonds is 12. The zero-order valence-electron chi connectivity index (χ0n) is 17.4. The molecule has 1 N–H and O–H groups in total. The number of ether oxygens (including phenoxy) is 2. The van der Waals surface area contributed by atoms with E-state index in [-0.39, 0.29) is 5.56 Å². The number of alkyl halides is 7. The van der Waals surface area contributed by atoms with E-state index < -0.39 is 76.5 Å². The third kappa shape index (κ3) is 6.54. The molecule has 0 heterocycles. The molecule has 1 rings (SSSR count). The number of carbonyl (C=O) groups is 2. The maximum absolute atomic E-state index is 13.9. The standard InChI is InChI=1S/C19H19F7O7S/c1-12(2)15(28)33-17(18(22,23)24,14(27)11-13-7-4-3-5-8-13)32-10-6-9-16(20,21)19(25,26)34(29,30)31/h3-5,7-8H,1,6,9-11H2,2H3,(H,29,30,31). The monoisotopic (exact) mass is 524 g/mol. The molecule has 0 fully saturated rings. The first-order valence-electron chi connectivity index (χ1n) is 9.18. The molecule has 0 aromatic heterocycles. The molecule has 1 atom stereocenters. The summed E-state index contributed by atoms with van der Waals surface area (Å²) >= 11 is 0. The number of hydrogen-bond donors (Lipinski definition) is 1. The van der Waals surface area contributed by atoms with Gasteiger partial charge in [0.15, 0.2) is 0 Å². The number of Topliss-reactive ketones (excluding diaryl/α,β-unsaturated/α-hetero) is 1. The van der Waals surface area contributed by atoms with Gasteiger partial charge < -0.3 is 9.47 Å². The number of hydrogen-bond acceptors (Lipinski definition) is 6. The van der Waals surface area contributed by atoms with Gasteiger partial charge in [0.2, 0.25) is 5.78 Å². The first-order chi connectivity index (χ1) is 15.3. The van der Waals surface area contributed by atoms with E-state index >= 15 is 0 Å². The largest absolute Gasteiger partial charge is 0.464 e. The Balaban J connectivity index is 3.21. The molecule has 34 heavy (non-hydrogen) atoms. The molecule has 0 saturated carbocycles. The lowest BCUT2D eigenvalue weighted by atomic mass is 10.0. The van der Waals surface area contributed by atoms with E-state index in [1.165, 1.54) is 30.3 Å². The normalized spacial score (nSPS) is 14.9. The predicted molar refractivity (Wildman–Crippen MR) is 101 cm³/mol. The van der Waals surface area contributed by atoms with Crippen molar-refractivity contribution in [3.05, 3.63) is 48.0 Å². The highest BCUT2D eigenvalue weighted by atomic mass is 32.2. The van der Waals surface area contributed by atoms with Crippen LogP contribution in [0.3, 0.4) is 0 Å². The van der Waals surface area contributed by atoms with Crippen molar-refractivity contribution in [3.63, 3.8) is 0 Å². The maximum atomic E-state index is 13.9. The van der Waals surface area contributed by atoms with Gasteiger partial charge in [0.25, 0.3) is 0 Å². The minimum Gasteiger partial charge on any atom is -0.413 e. The van der Waals surface area contributed by atoms with Crippen molar-refractivity contribution in [2.24, 2.45) is 0 Å². The van der Waals surface area contributed by atoms with E-state index in [1.807, 2.05) is 0 Å². The van der Waals surface area contributed by atoms with Crippen molar-refractivity contribution in [2.75, 3.05) is 6.61 Å². The van der Waals surface area contributed by atoms with Crippen LogP contribution in [0.25, 0.3) is 0 Å². The molecule has 0 radical (unpaired) electrons. The molecule has 0 saturated heterocycles. The van der Waals surface area contributed by atoms with Crippen LogP contribution in [0.15, 0.2) is 42.5 Å². The highest BCUT2D eigenvalue weighted by Crippen LogP contribution is 2.42. The highest BCUT2D eigenvalue weighted by Gasteiger charge is 2.67. The summed E-state index contributed by atoms with van der Waals surface area (Å²) in [6.45, 7) is 2.52. The van der Waals surface area contributed by atoms with Crippen LogP contribution in [0.1, 0.15) is 25.3 Å². The highest BCUT2D eigenvalue weighted by molar-refractivity contribution is 7.87. The summed E-state index contributed by atoms with van der Waals surface area (Å²) < 4.78 is 133. The van der Waals surface area contributed by atoms with Gasteiger partial charge in [-0.05, 0) is 18.9 Å². The Hall–Kier alpha value is -2.52. The van der Waals surface area contributed by atoms with Crippen LogP contribution in [-0.4, -0.2) is 54.5 Å². The Labute approximate surface area is 189 Å². The Morgan fingerprint density at radius 3 is 2.00 bits per heavy atom. The molecule has 0 spiro atoms. The average molecular weight is 524 g/mol. The molecule has 1 aromatic carbocycles. The van der Waals surface area contributed by atoms with E-state index in [0.717, 1.165) is 6.92 Å². The molecule has 7 nitrogen and oxygen atoms in total. The molecular weight excluding hydrogens is 505 g/mol. The molecule has 1 aromatic rings. The SMILES string of the molecule is C=C(C)C(=O)OC(OCCCC(F)(F)C(F)(F)S(=O)(=O)O)(C(=O)Cc1ccccc1)C(F)(F)F. The van der Waals surface area contributed by atoms with Crippen molar-refractivity contribution in [3.8, 4) is 0 Å². The van der Waals surface area contributed by atoms with Crippen molar-refractivity contribution >= 4 is 21.9 Å². The van der Waals surface area contributed by atoms with E-state index in [4.69, 9.17) is 4.55 Å². The van der Waals surface area contributed by atoms with Gasteiger partial charge in [-0.15, -0.1) is 0 Å². The summed E-state index contributed by atoms with van der Waals surface area (Å²) in [4.78, 5) is 24.4. The second-order valence-corrected chi connectivity index (χ2v) is 8.48. The van der Waals surface area contributed by atoms with Gasteiger partial charge in [-0.2, -0.15) is 39.2 Å². The van der Waals surface area contributed by atoms with Crippen LogP contribution in [-0.2, 0) is 35.6 Å². The van der Waals surface area contributed by atoms with Gasteiger partial charge >= 0.3 is 39.2 Å². The van der Waals surface area contributed by atoms with Gasteiger partial charge in [-0.3, -0.25) is 9.35 Å². The predicted octanol–water partition coefficient (Wildman–Crippen LogP) is 4.09. The lowest BCUT2D eigenvalue weighted by Crippen LogP contribution is -2.58. The summed E-state index contributed by atoms with van der Waals surface area (Å²) in [7, 11) is -6.56. The zero-order valence-corrected chi connectivity index (χ0v) is 18.2. The van der Waals surface area contributed by atoms with E-state index in [9.17, 15) is 48.7 Å². The third-order valence-corrected chi connectivity index (χ3v) is 5.17. The smallest absolute Gasteiger partial charge is 0.413 e. The van der Waals surface area contributed by atoms with E-state index in [0.29, 0.717) is 0 Å². The van der Waals surface area contributed by atoms with Crippen molar-refractivity contribution in [1.82, 2.24) is 0 Å². The zero-order chi connectivity index (χ0) is 26.6. The second kappa shape index (κ2) is 10.4. The van der Waals surface area contributed by atoms with Gasteiger partial charge in [0.1, 0.15) is 0 Å². The fourth-order valence-electron chi connectivity index (χ4n) is 2.42. The van der Waals surface area contributed by atoms with Crippen molar-refractivity contribution in [1.29, 1.82) is 0 Å².